The maximum absolute atomic E-state index is 11.3. The van der Waals surface area contributed by atoms with Crippen molar-refractivity contribution in [1.82, 2.24) is 4.40 Å². The maximum Gasteiger partial charge on any atom is 0.181 e. The smallest absolute Gasteiger partial charge is 0.181 e. The van der Waals surface area contributed by atoms with Gasteiger partial charge in [0.1, 0.15) is 5.43 Å². The van der Waals surface area contributed by atoms with Crippen LogP contribution in [0.15, 0.2) is 24.4 Å². The van der Waals surface area contributed by atoms with Gasteiger partial charge >= 0.3 is 0 Å². The van der Waals surface area contributed by atoms with Crippen LogP contribution < -0.4 is 0 Å². The van der Waals surface area contributed by atoms with E-state index in [0.29, 0.717) is 0 Å². The molecule has 2 aromatic heterocycles. The fourth-order valence-electron chi connectivity index (χ4n) is 1.44. The average molecular weight is 191 g/mol. The Hall–Kier alpha value is -1.14. The quantitative estimate of drug-likeness (QED) is 0.635. The number of rotatable bonds is 1. The molecule has 0 spiro atoms. The molecule has 13 heavy (non-hydrogen) atoms. The number of pyridine rings is 1. The van der Waals surface area contributed by atoms with Crippen LogP contribution in [0, 0.1) is 6.92 Å². The molecule has 0 radical (unpaired) electrons. The third-order valence-electron chi connectivity index (χ3n) is 2.05. The van der Waals surface area contributed by atoms with Gasteiger partial charge in [-0.2, -0.15) is 0 Å². The Labute approximate surface area is 78.3 Å². The molecule has 2 aromatic rings. The minimum Gasteiger partial charge on any atom is -0.310 e. The van der Waals surface area contributed by atoms with Crippen molar-refractivity contribution in [2.45, 2.75) is 13.8 Å². The first-order valence-corrected chi connectivity index (χ1v) is 5.04. The lowest BCUT2D eigenvalue weighted by atomic mass is 10.3. The number of ketones is 1. The summed E-state index contributed by atoms with van der Waals surface area (Å²) < 4.78 is 1.97. The van der Waals surface area contributed by atoms with Crippen LogP contribution >= 0.6 is 8.19 Å². The summed E-state index contributed by atoms with van der Waals surface area (Å²) in [6.07, 6.45) is 1.94. The fourth-order valence-corrected chi connectivity index (χ4v) is 2.50. The van der Waals surface area contributed by atoms with Crippen LogP contribution in [0.2, 0.25) is 0 Å². The van der Waals surface area contributed by atoms with E-state index in [1.807, 2.05) is 28.8 Å². The van der Waals surface area contributed by atoms with E-state index in [-0.39, 0.29) is 5.78 Å². The van der Waals surface area contributed by atoms with Crippen LogP contribution in [0.25, 0.3) is 5.52 Å². The van der Waals surface area contributed by atoms with Crippen molar-refractivity contribution in [1.29, 1.82) is 0 Å². The molecule has 0 saturated carbocycles. The Bertz CT molecular complexity index is 473. The van der Waals surface area contributed by atoms with Gasteiger partial charge in [-0.15, -0.1) is 0 Å². The summed E-state index contributed by atoms with van der Waals surface area (Å²) in [6.45, 7) is 3.67. The molecule has 2 rings (SSSR count). The van der Waals surface area contributed by atoms with Gasteiger partial charge in [-0.05, 0) is 27.2 Å². The van der Waals surface area contributed by atoms with Crippen LogP contribution in [0.4, 0.5) is 0 Å². The summed E-state index contributed by atoms with van der Waals surface area (Å²) in [5, 5.41) is 1.24. The molecule has 0 aromatic carbocycles. The topological polar surface area (TPSA) is 21.5 Å². The zero-order chi connectivity index (χ0) is 9.42. The zero-order valence-electron chi connectivity index (χ0n) is 7.61. The van der Waals surface area contributed by atoms with E-state index in [4.69, 9.17) is 0 Å². The van der Waals surface area contributed by atoms with Crippen LogP contribution in [-0.2, 0) is 0 Å². The molecule has 3 heteroatoms. The van der Waals surface area contributed by atoms with Gasteiger partial charge in [-0.3, -0.25) is 4.79 Å². The lowest BCUT2D eigenvalue weighted by molar-refractivity contribution is 0.101. The van der Waals surface area contributed by atoms with Gasteiger partial charge in [0, 0.05) is 18.4 Å². The Morgan fingerprint density at radius 2 is 2.23 bits per heavy atom. The Balaban J connectivity index is 2.85. The Morgan fingerprint density at radius 1 is 1.46 bits per heavy atom. The largest absolute Gasteiger partial charge is 0.310 e. The fraction of sp³-hybridized carbons (Fsp3) is 0.200. The second-order valence-electron chi connectivity index (χ2n) is 3.03. The molecular formula is C10H10NOP. The van der Waals surface area contributed by atoms with Crippen molar-refractivity contribution in [3.63, 3.8) is 0 Å². The van der Waals surface area contributed by atoms with Gasteiger partial charge in [-0.25, -0.2) is 0 Å². The average Bonchev–Trinajstić information content (AvgIpc) is 2.45. The summed E-state index contributed by atoms with van der Waals surface area (Å²) in [4.78, 5) is 11.3. The van der Waals surface area contributed by atoms with Crippen molar-refractivity contribution in [2.24, 2.45) is 0 Å². The molecule has 0 aliphatic rings. The number of fused-ring (bicyclic) bond motifs is 1. The second kappa shape index (κ2) is 2.97. The standard InChI is InChI=1S/C10H10NOP/c1-7(12)10-11-6-4-3-5-9(11)8(2)13-10/h3-6H,1-2H3. The number of carbonyl (C=O) groups excluding carboxylic acids is 1. The first-order valence-electron chi connectivity index (χ1n) is 4.15. The van der Waals surface area contributed by atoms with Crippen molar-refractivity contribution >= 4 is 19.5 Å². The summed E-state index contributed by atoms with van der Waals surface area (Å²) >= 11 is 0. The summed E-state index contributed by atoms with van der Waals surface area (Å²) in [5.41, 5.74) is 2.00. The van der Waals surface area contributed by atoms with Gasteiger partial charge in [0.25, 0.3) is 0 Å². The highest BCUT2D eigenvalue weighted by Gasteiger charge is 2.08. The minimum atomic E-state index is 0.149. The number of carbonyl (C=O) groups is 1. The molecule has 0 N–H and O–H groups in total. The second-order valence-corrected chi connectivity index (χ2v) is 4.35. The van der Waals surface area contributed by atoms with E-state index in [0.717, 1.165) is 19.1 Å². The van der Waals surface area contributed by atoms with Crippen molar-refractivity contribution in [3.8, 4) is 0 Å². The maximum atomic E-state index is 11.3. The van der Waals surface area contributed by atoms with Crippen molar-refractivity contribution in [2.75, 3.05) is 0 Å². The lowest BCUT2D eigenvalue weighted by Gasteiger charge is -1.96. The molecule has 0 bridgehead atoms. The number of aromatic nitrogens is 1. The van der Waals surface area contributed by atoms with E-state index in [2.05, 4.69) is 6.92 Å². The normalized spacial score (nSPS) is 11.2. The third kappa shape index (κ3) is 1.27. The summed E-state index contributed by atoms with van der Waals surface area (Å²) in [5.74, 6) is 0.149. The monoisotopic (exact) mass is 191 g/mol. The number of nitrogens with zero attached hydrogens (tertiary/aromatic N) is 1. The molecular weight excluding hydrogens is 181 g/mol. The summed E-state index contributed by atoms with van der Waals surface area (Å²) in [6, 6.07) is 5.98. The molecule has 66 valence electrons. The predicted molar refractivity (Wildman–Crippen MR) is 54.7 cm³/mol. The summed E-state index contributed by atoms with van der Waals surface area (Å²) in [7, 11) is 1.04. The zero-order valence-corrected chi connectivity index (χ0v) is 8.51. The molecule has 0 fully saturated rings. The highest BCUT2D eigenvalue weighted by molar-refractivity contribution is 7.33. The Morgan fingerprint density at radius 3 is 2.92 bits per heavy atom. The van der Waals surface area contributed by atoms with Gasteiger partial charge in [0.2, 0.25) is 0 Å². The van der Waals surface area contributed by atoms with Crippen LogP contribution in [0.3, 0.4) is 0 Å². The van der Waals surface area contributed by atoms with E-state index in [1.54, 1.807) is 6.92 Å². The highest BCUT2D eigenvalue weighted by Crippen LogP contribution is 2.27. The lowest BCUT2D eigenvalue weighted by Crippen LogP contribution is -1.95. The van der Waals surface area contributed by atoms with Crippen molar-refractivity contribution < 1.29 is 4.79 Å². The van der Waals surface area contributed by atoms with Gasteiger partial charge < -0.3 is 4.40 Å². The van der Waals surface area contributed by atoms with Gasteiger partial charge in [0.15, 0.2) is 5.78 Å². The van der Waals surface area contributed by atoms with Gasteiger partial charge in [0.05, 0.1) is 5.52 Å². The van der Waals surface area contributed by atoms with E-state index >= 15 is 0 Å². The number of hydrogen-bond donors (Lipinski definition) is 0. The first-order chi connectivity index (χ1) is 6.20. The number of Topliss-reactive ketones (excluding diaryl/α,β-unsaturated/α-hetero) is 1. The molecule has 0 amide bonds. The number of hydrogen-bond acceptors (Lipinski definition) is 1. The highest BCUT2D eigenvalue weighted by atomic mass is 31.0. The number of aryl methyl sites for hydroxylation is 1. The first kappa shape index (κ1) is 8.46. The van der Waals surface area contributed by atoms with E-state index in [1.165, 1.54) is 5.30 Å². The third-order valence-corrected chi connectivity index (χ3v) is 3.35. The predicted octanol–water partition coefficient (Wildman–Crippen LogP) is 3.03. The van der Waals surface area contributed by atoms with Crippen molar-refractivity contribution in [3.05, 3.63) is 35.1 Å². The molecule has 0 aliphatic carbocycles. The Kier molecular flexibility index (Phi) is 1.93. The molecule has 0 atom stereocenters. The van der Waals surface area contributed by atoms with Crippen LogP contribution in [0.1, 0.15) is 22.4 Å². The van der Waals surface area contributed by atoms with Crippen LogP contribution in [-0.4, -0.2) is 10.2 Å². The molecule has 2 heterocycles. The van der Waals surface area contributed by atoms with Crippen LogP contribution in [0.5, 0.6) is 0 Å². The molecule has 2 nitrogen and oxygen atoms in total. The molecule has 0 aliphatic heterocycles. The van der Waals surface area contributed by atoms with Gasteiger partial charge in [-0.1, -0.05) is 6.07 Å². The molecule has 0 unspecified atom stereocenters. The SMILES string of the molecule is CC(=O)c1pc(C)c2ccccn12. The van der Waals surface area contributed by atoms with E-state index in [9.17, 15) is 4.79 Å². The van der Waals surface area contributed by atoms with E-state index < -0.39 is 0 Å². The molecule has 0 saturated heterocycles. The minimum absolute atomic E-state index is 0.149.